The molecule has 33 heavy (non-hydrogen) atoms. The van der Waals surface area contributed by atoms with Gasteiger partial charge in [0.2, 0.25) is 11.9 Å². The van der Waals surface area contributed by atoms with E-state index in [1.165, 1.54) is 23.5 Å². The number of fused-ring (bicyclic) bond motifs is 2. The number of aryl methyl sites for hydroxylation is 1. The molecule has 170 valence electrons. The van der Waals surface area contributed by atoms with Gasteiger partial charge in [0.15, 0.2) is 21.3 Å². The van der Waals surface area contributed by atoms with Crippen LogP contribution in [0.3, 0.4) is 0 Å². The molecule has 0 unspecified atom stereocenters. The van der Waals surface area contributed by atoms with E-state index in [2.05, 4.69) is 15.4 Å². The number of aromatic nitrogens is 3. The molecule has 1 aliphatic heterocycles. The third-order valence-corrected chi connectivity index (χ3v) is 8.32. The van der Waals surface area contributed by atoms with E-state index in [0.717, 1.165) is 10.2 Å². The smallest absolute Gasteiger partial charge is 0.256 e. The first-order chi connectivity index (χ1) is 15.7. The molecule has 2 aromatic heterocycles. The van der Waals surface area contributed by atoms with Gasteiger partial charge in [-0.1, -0.05) is 17.4 Å². The van der Waals surface area contributed by atoms with Gasteiger partial charge in [-0.05, 0) is 39.0 Å². The van der Waals surface area contributed by atoms with E-state index in [1.807, 2.05) is 19.1 Å². The Morgan fingerprint density at radius 1 is 1.15 bits per heavy atom. The van der Waals surface area contributed by atoms with Crippen LogP contribution in [-0.4, -0.2) is 41.1 Å². The summed E-state index contributed by atoms with van der Waals surface area (Å²) in [6.07, 6.45) is 0. The number of rotatable bonds is 5. The van der Waals surface area contributed by atoms with Crippen LogP contribution >= 0.6 is 11.3 Å². The third kappa shape index (κ3) is 3.83. The van der Waals surface area contributed by atoms with Crippen molar-refractivity contribution in [1.29, 1.82) is 0 Å². The normalized spacial score (nSPS) is 13.1. The van der Waals surface area contributed by atoms with E-state index in [-0.39, 0.29) is 17.3 Å². The zero-order chi connectivity index (χ0) is 23.3. The fraction of sp³-hybridized carbons (Fsp3) is 0.227. The Morgan fingerprint density at radius 2 is 1.91 bits per heavy atom. The highest BCUT2D eigenvalue weighted by atomic mass is 32.2. The highest BCUT2D eigenvalue weighted by Gasteiger charge is 2.22. The largest absolute Gasteiger partial charge is 0.454 e. The molecule has 0 spiro atoms. The first-order valence-electron chi connectivity index (χ1n) is 10.1. The molecule has 3 heterocycles. The van der Waals surface area contributed by atoms with E-state index in [4.69, 9.17) is 9.47 Å². The lowest BCUT2D eigenvalue weighted by Crippen LogP contribution is -2.17. The van der Waals surface area contributed by atoms with Crippen molar-refractivity contribution in [1.82, 2.24) is 14.8 Å². The fourth-order valence-electron chi connectivity index (χ4n) is 3.41. The Bertz CT molecular complexity index is 1460. The summed E-state index contributed by atoms with van der Waals surface area (Å²) in [6.45, 7) is 5.21. The number of carbonyl (C=O) groups is 1. The third-order valence-electron chi connectivity index (χ3n) is 5.17. The molecule has 9 nitrogen and oxygen atoms in total. The van der Waals surface area contributed by atoms with E-state index in [1.54, 1.807) is 36.7 Å². The highest BCUT2D eigenvalue weighted by Crippen LogP contribution is 2.39. The lowest BCUT2D eigenvalue weighted by atomic mass is 10.2. The summed E-state index contributed by atoms with van der Waals surface area (Å²) in [5.41, 5.74) is 1.66. The van der Waals surface area contributed by atoms with Gasteiger partial charge in [-0.25, -0.2) is 13.4 Å². The maximum Gasteiger partial charge on any atom is 0.256 e. The van der Waals surface area contributed by atoms with Gasteiger partial charge < -0.3 is 14.8 Å². The lowest BCUT2D eigenvalue weighted by Gasteiger charge is -2.10. The van der Waals surface area contributed by atoms with Crippen molar-refractivity contribution >= 4 is 43.1 Å². The van der Waals surface area contributed by atoms with E-state index in [9.17, 15) is 13.2 Å². The quantitative estimate of drug-likeness (QED) is 0.456. The summed E-state index contributed by atoms with van der Waals surface area (Å²) in [6, 6.07) is 11.4. The van der Waals surface area contributed by atoms with Gasteiger partial charge in [0.25, 0.3) is 5.91 Å². The molecule has 4 aromatic rings. The Kier molecular flexibility index (Phi) is 5.09. The van der Waals surface area contributed by atoms with Crippen LogP contribution in [0.5, 0.6) is 11.5 Å². The molecule has 0 bridgehead atoms. The maximum absolute atomic E-state index is 13.0. The van der Waals surface area contributed by atoms with Crippen molar-refractivity contribution in [3.05, 3.63) is 53.7 Å². The standard InChI is InChI=1S/C22H20N4O5S2/c1-12(2)33(28,29)15-6-4-5-14(8-15)21(27)24-20-7-13(3)25-26(20)22-23-16-9-17-18(31-11-30-17)10-19(16)32-22/h4-10,12H,11H2,1-3H3,(H,24,27). The topological polar surface area (TPSA) is 112 Å². The van der Waals surface area contributed by atoms with Gasteiger partial charge in [-0.2, -0.15) is 9.78 Å². The number of amides is 1. The van der Waals surface area contributed by atoms with E-state index in [0.29, 0.717) is 28.1 Å². The number of benzene rings is 2. The molecular formula is C22H20N4O5S2. The number of thiazole rings is 1. The number of ether oxygens (including phenoxy) is 2. The summed E-state index contributed by atoms with van der Waals surface area (Å²) < 4.78 is 38.3. The molecule has 1 aliphatic rings. The minimum atomic E-state index is -3.50. The van der Waals surface area contributed by atoms with Crippen molar-refractivity contribution in [3.63, 3.8) is 0 Å². The molecule has 0 saturated carbocycles. The second-order valence-corrected chi connectivity index (χ2v) is 11.3. The van der Waals surface area contributed by atoms with Crippen LogP contribution in [0.15, 0.2) is 47.4 Å². The number of hydrogen-bond acceptors (Lipinski definition) is 8. The molecule has 0 radical (unpaired) electrons. The molecule has 5 rings (SSSR count). The SMILES string of the molecule is Cc1cc(NC(=O)c2cccc(S(=O)(=O)C(C)C)c2)n(-c2nc3cc4c(cc3s2)OCO4)n1. The van der Waals surface area contributed by atoms with Crippen LogP contribution in [0.4, 0.5) is 5.82 Å². The fourth-order valence-corrected chi connectivity index (χ4v) is 5.45. The zero-order valence-corrected chi connectivity index (χ0v) is 19.7. The van der Waals surface area contributed by atoms with Crippen LogP contribution < -0.4 is 14.8 Å². The average molecular weight is 485 g/mol. The summed E-state index contributed by atoms with van der Waals surface area (Å²) in [5.74, 6) is 1.28. The number of nitrogens with zero attached hydrogens (tertiary/aromatic N) is 3. The first kappa shape index (κ1) is 21.4. The summed E-state index contributed by atoms with van der Waals surface area (Å²) in [5, 5.41) is 7.28. The van der Waals surface area contributed by atoms with Crippen molar-refractivity contribution in [2.24, 2.45) is 0 Å². The van der Waals surface area contributed by atoms with Crippen molar-refractivity contribution in [2.45, 2.75) is 30.9 Å². The van der Waals surface area contributed by atoms with Crippen molar-refractivity contribution in [3.8, 4) is 16.6 Å². The average Bonchev–Trinajstić information content (AvgIpc) is 3.49. The molecule has 0 saturated heterocycles. The van der Waals surface area contributed by atoms with Crippen LogP contribution in [-0.2, 0) is 9.84 Å². The number of hydrogen-bond donors (Lipinski definition) is 1. The van der Waals surface area contributed by atoms with Crippen LogP contribution in [0, 0.1) is 6.92 Å². The highest BCUT2D eigenvalue weighted by molar-refractivity contribution is 7.92. The second kappa shape index (κ2) is 7.85. The second-order valence-electron chi connectivity index (χ2n) is 7.83. The van der Waals surface area contributed by atoms with Crippen LogP contribution in [0.2, 0.25) is 0 Å². The monoisotopic (exact) mass is 484 g/mol. The molecule has 1 amide bonds. The number of nitrogens with one attached hydrogen (secondary N) is 1. The van der Waals surface area contributed by atoms with Gasteiger partial charge in [0.05, 0.1) is 26.1 Å². The predicted molar refractivity (Wildman–Crippen MR) is 124 cm³/mol. The minimum Gasteiger partial charge on any atom is -0.454 e. The van der Waals surface area contributed by atoms with Gasteiger partial charge in [-0.3, -0.25) is 4.79 Å². The van der Waals surface area contributed by atoms with Gasteiger partial charge in [0, 0.05) is 23.8 Å². The van der Waals surface area contributed by atoms with Gasteiger partial charge in [0.1, 0.15) is 5.82 Å². The Hall–Kier alpha value is -3.44. The molecule has 11 heteroatoms. The van der Waals surface area contributed by atoms with Crippen LogP contribution in [0.25, 0.3) is 15.3 Å². The Balaban J connectivity index is 1.47. The van der Waals surface area contributed by atoms with Crippen molar-refractivity contribution in [2.75, 3.05) is 12.1 Å². The number of carbonyl (C=O) groups excluding carboxylic acids is 1. The Labute approximate surface area is 193 Å². The van der Waals surface area contributed by atoms with Crippen LogP contribution in [0.1, 0.15) is 29.9 Å². The zero-order valence-electron chi connectivity index (χ0n) is 18.0. The lowest BCUT2D eigenvalue weighted by molar-refractivity contribution is 0.102. The predicted octanol–water partition coefficient (Wildman–Crippen LogP) is 3.95. The first-order valence-corrected chi connectivity index (χ1v) is 12.5. The van der Waals surface area contributed by atoms with Crippen molar-refractivity contribution < 1.29 is 22.7 Å². The summed E-state index contributed by atoms with van der Waals surface area (Å²) >= 11 is 1.40. The number of sulfone groups is 1. The molecule has 0 aliphatic carbocycles. The van der Waals surface area contributed by atoms with E-state index >= 15 is 0 Å². The van der Waals surface area contributed by atoms with Gasteiger partial charge in [-0.15, -0.1) is 0 Å². The number of anilines is 1. The summed E-state index contributed by atoms with van der Waals surface area (Å²) in [7, 11) is -3.50. The van der Waals surface area contributed by atoms with Gasteiger partial charge >= 0.3 is 0 Å². The van der Waals surface area contributed by atoms with E-state index < -0.39 is 21.0 Å². The molecule has 0 fully saturated rings. The maximum atomic E-state index is 13.0. The molecule has 2 aromatic carbocycles. The molecular weight excluding hydrogens is 464 g/mol. The molecule has 1 N–H and O–H groups in total. The summed E-state index contributed by atoms with van der Waals surface area (Å²) in [4.78, 5) is 17.7. The minimum absolute atomic E-state index is 0.110. The Morgan fingerprint density at radius 3 is 2.67 bits per heavy atom. The molecule has 0 atom stereocenters.